The van der Waals surface area contributed by atoms with Crippen LogP contribution in [0.4, 0.5) is 8.78 Å². The van der Waals surface area contributed by atoms with E-state index in [0.717, 1.165) is 0 Å². The maximum absolute atomic E-state index is 14.1. The molecule has 1 aromatic carbocycles. The molecule has 2 N–H and O–H groups in total. The number of aliphatic imine (C=N–C) groups is 1. The van der Waals surface area contributed by atoms with Crippen LogP contribution in [0.1, 0.15) is 5.56 Å². The summed E-state index contributed by atoms with van der Waals surface area (Å²) in [7, 11) is 0. The molecule has 0 aliphatic carbocycles. The van der Waals surface area contributed by atoms with Gasteiger partial charge < -0.3 is 15.2 Å². The number of fused-ring (bicyclic) bond motifs is 1. The Kier molecular flexibility index (Phi) is 2.89. The summed E-state index contributed by atoms with van der Waals surface area (Å²) in [5.41, 5.74) is 5.00. The minimum absolute atomic E-state index is 0.0115. The number of nitrogens with two attached hydrogens (primary N) is 1. The van der Waals surface area contributed by atoms with Crippen LogP contribution < -0.4 is 5.73 Å². The fraction of sp³-hybridized carbons (Fsp3) is 0.462. The van der Waals surface area contributed by atoms with Crippen LogP contribution in [0, 0.1) is 11.7 Å². The summed E-state index contributed by atoms with van der Waals surface area (Å²) in [4.78, 5) is 4.25. The molecule has 2 aliphatic heterocycles. The number of rotatable bonds is 2. The molecule has 0 bridgehead atoms. The van der Waals surface area contributed by atoms with E-state index >= 15 is 0 Å². The average Bonchev–Trinajstić information content (AvgIpc) is 2.77. The van der Waals surface area contributed by atoms with Crippen molar-refractivity contribution < 1.29 is 18.3 Å². The quantitative estimate of drug-likeness (QED) is 0.881. The van der Waals surface area contributed by atoms with Gasteiger partial charge in [0.25, 0.3) is 6.02 Å². The molecule has 3 rings (SSSR count). The number of alkyl halides is 1. The third-order valence-corrected chi connectivity index (χ3v) is 3.79. The highest BCUT2D eigenvalue weighted by Gasteiger charge is 2.54. The van der Waals surface area contributed by atoms with E-state index in [4.69, 9.17) is 15.2 Å². The lowest BCUT2D eigenvalue weighted by Crippen LogP contribution is -2.45. The summed E-state index contributed by atoms with van der Waals surface area (Å²) in [6.45, 7) is -0.366. The zero-order valence-electron chi connectivity index (χ0n) is 10.2. The fourth-order valence-electron chi connectivity index (χ4n) is 2.83. The van der Waals surface area contributed by atoms with Crippen LogP contribution in [-0.2, 0) is 15.0 Å². The van der Waals surface area contributed by atoms with Crippen molar-refractivity contribution in [2.24, 2.45) is 16.6 Å². The Morgan fingerprint density at radius 1 is 1.42 bits per heavy atom. The number of nitrogens with zero attached hydrogens (tertiary/aromatic N) is 1. The van der Waals surface area contributed by atoms with Gasteiger partial charge in [0.05, 0.1) is 25.2 Å². The molecule has 0 saturated carbocycles. The molecule has 2 heterocycles. The lowest BCUT2D eigenvalue weighted by Gasteiger charge is -2.35. The van der Waals surface area contributed by atoms with E-state index in [-0.39, 0.29) is 25.2 Å². The minimum Gasteiger partial charge on any atom is -0.465 e. The minimum atomic E-state index is -0.982. The average molecular weight is 268 g/mol. The van der Waals surface area contributed by atoms with E-state index < -0.39 is 24.1 Å². The summed E-state index contributed by atoms with van der Waals surface area (Å²) in [5.74, 6) is -0.768. The number of amidine groups is 1. The van der Waals surface area contributed by atoms with Crippen molar-refractivity contribution in [2.45, 2.75) is 11.6 Å². The largest absolute Gasteiger partial charge is 0.465 e. The third kappa shape index (κ3) is 1.78. The van der Waals surface area contributed by atoms with Crippen LogP contribution in [0.5, 0.6) is 0 Å². The molecule has 3 unspecified atom stereocenters. The van der Waals surface area contributed by atoms with Crippen LogP contribution in [0.15, 0.2) is 29.3 Å². The molecule has 1 saturated heterocycles. The summed E-state index contributed by atoms with van der Waals surface area (Å²) in [5, 5.41) is 0. The van der Waals surface area contributed by atoms with Crippen molar-refractivity contribution in [3.8, 4) is 0 Å². The molecule has 0 spiro atoms. The molecule has 0 aromatic heterocycles. The summed E-state index contributed by atoms with van der Waals surface area (Å²) in [6.07, 6.45) is -0.642. The number of ether oxygens (including phenoxy) is 2. The van der Waals surface area contributed by atoms with Crippen molar-refractivity contribution in [1.82, 2.24) is 0 Å². The number of benzene rings is 1. The molecule has 1 aromatic rings. The first-order valence-corrected chi connectivity index (χ1v) is 6.08. The zero-order chi connectivity index (χ0) is 13.5. The summed E-state index contributed by atoms with van der Waals surface area (Å²) >= 11 is 0. The first-order valence-electron chi connectivity index (χ1n) is 6.08. The molecule has 2 aliphatic rings. The molecule has 4 nitrogen and oxygen atoms in total. The molecular formula is C13H14F2N2O2. The lowest BCUT2D eigenvalue weighted by atomic mass is 9.78. The van der Waals surface area contributed by atoms with Crippen LogP contribution in [0.25, 0.3) is 0 Å². The summed E-state index contributed by atoms with van der Waals surface area (Å²) < 4.78 is 37.7. The summed E-state index contributed by atoms with van der Waals surface area (Å²) in [6, 6.07) is 6.29. The second-order valence-corrected chi connectivity index (χ2v) is 4.78. The first-order chi connectivity index (χ1) is 9.17. The van der Waals surface area contributed by atoms with E-state index in [1.165, 1.54) is 6.07 Å². The van der Waals surface area contributed by atoms with E-state index in [9.17, 15) is 8.78 Å². The van der Waals surface area contributed by atoms with Gasteiger partial charge in [0, 0.05) is 5.56 Å². The van der Waals surface area contributed by atoms with Gasteiger partial charge in [-0.05, 0) is 6.07 Å². The molecular weight excluding hydrogens is 254 g/mol. The van der Waals surface area contributed by atoms with E-state index in [0.29, 0.717) is 5.56 Å². The molecule has 0 amide bonds. The van der Waals surface area contributed by atoms with Gasteiger partial charge in [-0.2, -0.15) is 0 Å². The van der Waals surface area contributed by atoms with Gasteiger partial charge in [0.1, 0.15) is 18.0 Å². The van der Waals surface area contributed by atoms with Gasteiger partial charge in [-0.15, -0.1) is 0 Å². The monoisotopic (exact) mass is 268 g/mol. The second-order valence-electron chi connectivity index (χ2n) is 4.78. The predicted octanol–water partition coefficient (Wildman–Crippen LogP) is 1.35. The Hall–Kier alpha value is -1.69. The smallest absolute Gasteiger partial charge is 0.282 e. The highest BCUT2D eigenvalue weighted by atomic mass is 19.1. The Labute approximate surface area is 109 Å². The Bertz CT molecular complexity index is 523. The van der Waals surface area contributed by atoms with Gasteiger partial charge in [-0.25, -0.2) is 13.8 Å². The number of hydrogen-bond acceptors (Lipinski definition) is 4. The molecule has 1 fully saturated rings. The maximum atomic E-state index is 14.1. The highest BCUT2D eigenvalue weighted by Crippen LogP contribution is 2.45. The lowest BCUT2D eigenvalue weighted by molar-refractivity contribution is 0.0528. The normalized spacial score (nSPS) is 33.5. The molecule has 6 heteroatoms. The maximum Gasteiger partial charge on any atom is 0.282 e. The standard InChI is InChI=1S/C13H14F2N2O2/c14-5-11-9-6-18-12(16)17-13(9,7-19-11)8-3-1-2-4-10(8)15/h1-4,9,11H,5-7H2,(H2,16,17). The third-order valence-electron chi connectivity index (χ3n) is 3.79. The second kappa shape index (κ2) is 4.45. The number of hydrogen-bond donors (Lipinski definition) is 1. The Morgan fingerprint density at radius 3 is 2.95 bits per heavy atom. The van der Waals surface area contributed by atoms with E-state index in [1.807, 2.05) is 0 Å². The van der Waals surface area contributed by atoms with Crippen molar-refractivity contribution in [2.75, 3.05) is 19.9 Å². The van der Waals surface area contributed by atoms with Crippen molar-refractivity contribution in [3.63, 3.8) is 0 Å². The predicted molar refractivity (Wildman–Crippen MR) is 64.9 cm³/mol. The van der Waals surface area contributed by atoms with Crippen molar-refractivity contribution in [3.05, 3.63) is 35.6 Å². The molecule has 3 atom stereocenters. The van der Waals surface area contributed by atoms with Gasteiger partial charge in [-0.1, -0.05) is 18.2 Å². The van der Waals surface area contributed by atoms with Crippen LogP contribution in [0.2, 0.25) is 0 Å². The first kappa shape index (κ1) is 12.3. The van der Waals surface area contributed by atoms with E-state index in [1.54, 1.807) is 18.2 Å². The topological polar surface area (TPSA) is 56.8 Å². The van der Waals surface area contributed by atoms with Gasteiger partial charge in [-0.3, -0.25) is 0 Å². The zero-order valence-corrected chi connectivity index (χ0v) is 10.2. The molecule has 102 valence electrons. The van der Waals surface area contributed by atoms with Gasteiger partial charge in [0.15, 0.2) is 0 Å². The van der Waals surface area contributed by atoms with Crippen molar-refractivity contribution >= 4 is 6.02 Å². The van der Waals surface area contributed by atoms with Crippen LogP contribution in [0.3, 0.4) is 0 Å². The number of halogens is 2. The van der Waals surface area contributed by atoms with Gasteiger partial charge >= 0.3 is 0 Å². The molecule has 0 radical (unpaired) electrons. The van der Waals surface area contributed by atoms with Crippen molar-refractivity contribution in [1.29, 1.82) is 0 Å². The SMILES string of the molecule is NC1=NC2(c3ccccc3F)COC(CF)C2CO1. The Morgan fingerprint density at radius 2 is 2.21 bits per heavy atom. The van der Waals surface area contributed by atoms with E-state index in [2.05, 4.69) is 4.99 Å². The Balaban J connectivity index is 2.13. The van der Waals surface area contributed by atoms with Crippen LogP contribution in [-0.4, -0.2) is 32.0 Å². The highest BCUT2D eigenvalue weighted by molar-refractivity contribution is 5.73. The molecule has 19 heavy (non-hydrogen) atoms. The fourth-order valence-corrected chi connectivity index (χ4v) is 2.83. The van der Waals surface area contributed by atoms with Crippen LogP contribution >= 0.6 is 0 Å². The van der Waals surface area contributed by atoms with Gasteiger partial charge in [0.2, 0.25) is 0 Å².